The van der Waals surface area contributed by atoms with Crippen LogP contribution in [0.3, 0.4) is 0 Å². The summed E-state index contributed by atoms with van der Waals surface area (Å²) in [7, 11) is 0. The Morgan fingerprint density at radius 2 is 1.79 bits per heavy atom. The summed E-state index contributed by atoms with van der Waals surface area (Å²) in [5, 5.41) is 9.41. The van der Waals surface area contributed by atoms with Crippen LogP contribution in [0, 0.1) is 0 Å². The van der Waals surface area contributed by atoms with E-state index in [-0.39, 0.29) is 0 Å². The summed E-state index contributed by atoms with van der Waals surface area (Å²) in [5.41, 5.74) is 0.900. The first-order valence-electron chi connectivity index (χ1n) is 8.07. The Balaban J connectivity index is 1.26. The highest BCUT2D eigenvalue weighted by Gasteiger charge is 2.18. The highest BCUT2D eigenvalue weighted by molar-refractivity contribution is 7.99. The average Bonchev–Trinajstić information content (AvgIpc) is 3.06. The maximum absolute atomic E-state index is 4.33. The molecule has 0 amide bonds. The average molecular weight is 341 g/mol. The lowest BCUT2D eigenvalue weighted by atomic mass is 10.3. The SMILES string of the molecule is c1cnc(N2CCN(CCSc3nnc4ccccn34)CC2)nc1. The first-order chi connectivity index (χ1) is 11.9. The van der Waals surface area contributed by atoms with Crippen molar-refractivity contribution in [2.75, 3.05) is 43.4 Å². The zero-order valence-corrected chi connectivity index (χ0v) is 14.1. The topological polar surface area (TPSA) is 62.5 Å². The van der Waals surface area contributed by atoms with Crippen molar-refractivity contribution in [3.8, 4) is 0 Å². The molecule has 7 nitrogen and oxygen atoms in total. The predicted octanol–water partition coefficient (Wildman–Crippen LogP) is 1.43. The number of piperazine rings is 1. The number of fused-ring (bicyclic) bond motifs is 1. The summed E-state index contributed by atoms with van der Waals surface area (Å²) < 4.78 is 2.04. The van der Waals surface area contributed by atoms with Crippen molar-refractivity contribution in [3.63, 3.8) is 0 Å². The fourth-order valence-corrected chi connectivity index (χ4v) is 3.73. The van der Waals surface area contributed by atoms with Gasteiger partial charge in [0.1, 0.15) is 0 Å². The highest BCUT2D eigenvalue weighted by atomic mass is 32.2. The standard InChI is InChI=1S/C16H19N7S/c1-2-7-23-14(4-1)19-20-16(23)24-13-12-21-8-10-22(11-9-21)15-17-5-3-6-18-15/h1-7H,8-13H2. The van der Waals surface area contributed by atoms with Gasteiger partial charge >= 0.3 is 0 Å². The lowest BCUT2D eigenvalue weighted by Crippen LogP contribution is -2.47. The molecule has 0 radical (unpaired) electrons. The summed E-state index contributed by atoms with van der Waals surface area (Å²) in [5.74, 6) is 1.85. The van der Waals surface area contributed by atoms with E-state index >= 15 is 0 Å². The molecule has 1 saturated heterocycles. The molecule has 1 aliphatic rings. The minimum atomic E-state index is 0.835. The quantitative estimate of drug-likeness (QED) is 0.651. The molecular formula is C16H19N7S. The Morgan fingerprint density at radius 3 is 2.62 bits per heavy atom. The number of pyridine rings is 1. The molecule has 8 heteroatoms. The van der Waals surface area contributed by atoms with Crippen LogP contribution in [-0.4, -0.2) is 67.9 Å². The van der Waals surface area contributed by atoms with E-state index in [1.807, 2.05) is 34.9 Å². The van der Waals surface area contributed by atoms with Gasteiger partial charge in [0.05, 0.1) is 0 Å². The molecule has 0 spiro atoms. The predicted molar refractivity (Wildman–Crippen MR) is 94.4 cm³/mol. The van der Waals surface area contributed by atoms with Gasteiger partial charge in [0, 0.05) is 57.1 Å². The van der Waals surface area contributed by atoms with E-state index in [9.17, 15) is 0 Å². The lowest BCUT2D eigenvalue weighted by Gasteiger charge is -2.34. The Morgan fingerprint density at radius 1 is 0.958 bits per heavy atom. The van der Waals surface area contributed by atoms with Gasteiger partial charge in [-0.1, -0.05) is 17.8 Å². The second kappa shape index (κ2) is 7.14. The second-order valence-corrected chi connectivity index (χ2v) is 6.70. The van der Waals surface area contributed by atoms with Crippen LogP contribution in [0.2, 0.25) is 0 Å². The van der Waals surface area contributed by atoms with Gasteiger partial charge in [0.15, 0.2) is 10.8 Å². The number of thioether (sulfide) groups is 1. The Bertz CT molecular complexity index is 783. The van der Waals surface area contributed by atoms with Gasteiger partial charge in [-0.2, -0.15) is 0 Å². The van der Waals surface area contributed by atoms with Gasteiger partial charge in [-0.15, -0.1) is 10.2 Å². The van der Waals surface area contributed by atoms with Crippen molar-refractivity contribution in [1.29, 1.82) is 0 Å². The van der Waals surface area contributed by atoms with Crippen LogP contribution < -0.4 is 4.90 Å². The van der Waals surface area contributed by atoms with Gasteiger partial charge in [-0.05, 0) is 18.2 Å². The number of aromatic nitrogens is 5. The first-order valence-corrected chi connectivity index (χ1v) is 9.05. The molecule has 4 rings (SSSR count). The molecule has 3 aromatic heterocycles. The highest BCUT2D eigenvalue weighted by Crippen LogP contribution is 2.17. The molecule has 1 aliphatic heterocycles. The monoisotopic (exact) mass is 341 g/mol. The van der Waals surface area contributed by atoms with Crippen LogP contribution in [0.5, 0.6) is 0 Å². The third kappa shape index (κ3) is 3.34. The molecule has 24 heavy (non-hydrogen) atoms. The van der Waals surface area contributed by atoms with Crippen LogP contribution in [-0.2, 0) is 0 Å². The van der Waals surface area contributed by atoms with Gasteiger partial charge < -0.3 is 4.90 Å². The Kier molecular flexibility index (Phi) is 4.57. The molecular weight excluding hydrogens is 322 g/mol. The fourth-order valence-electron chi connectivity index (χ4n) is 2.81. The van der Waals surface area contributed by atoms with Crippen molar-refractivity contribution in [2.24, 2.45) is 0 Å². The molecule has 0 aliphatic carbocycles. The van der Waals surface area contributed by atoms with Crippen molar-refractivity contribution < 1.29 is 0 Å². The molecule has 0 unspecified atom stereocenters. The molecule has 3 aromatic rings. The number of rotatable bonds is 5. The summed E-state index contributed by atoms with van der Waals surface area (Å²) in [6, 6.07) is 7.81. The molecule has 0 atom stereocenters. The minimum absolute atomic E-state index is 0.835. The number of anilines is 1. The van der Waals surface area contributed by atoms with E-state index < -0.39 is 0 Å². The molecule has 0 saturated carbocycles. The zero-order valence-electron chi connectivity index (χ0n) is 13.3. The summed E-state index contributed by atoms with van der Waals surface area (Å²) in [6.45, 7) is 5.08. The van der Waals surface area contributed by atoms with E-state index in [2.05, 4.69) is 30.0 Å². The third-order valence-corrected chi connectivity index (χ3v) is 5.05. The van der Waals surface area contributed by atoms with E-state index in [1.165, 1.54) is 0 Å². The van der Waals surface area contributed by atoms with Crippen molar-refractivity contribution in [1.82, 2.24) is 29.5 Å². The van der Waals surface area contributed by atoms with Crippen molar-refractivity contribution in [2.45, 2.75) is 5.16 Å². The van der Waals surface area contributed by atoms with E-state index in [1.54, 1.807) is 24.2 Å². The lowest BCUT2D eigenvalue weighted by molar-refractivity contribution is 0.272. The van der Waals surface area contributed by atoms with Crippen LogP contribution in [0.15, 0.2) is 48.0 Å². The largest absolute Gasteiger partial charge is 0.338 e. The van der Waals surface area contributed by atoms with Crippen LogP contribution in [0.4, 0.5) is 5.95 Å². The number of nitrogens with zero attached hydrogens (tertiary/aromatic N) is 7. The maximum atomic E-state index is 4.33. The smallest absolute Gasteiger partial charge is 0.225 e. The summed E-state index contributed by atoms with van der Waals surface area (Å²) >= 11 is 1.76. The molecule has 0 bridgehead atoms. The summed E-state index contributed by atoms with van der Waals surface area (Å²) in [6.07, 6.45) is 5.61. The molecule has 1 fully saturated rings. The zero-order chi connectivity index (χ0) is 16.2. The summed E-state index contributed by atoms with van der Waals surface area (Å²) in [4.78, 5) is 13.4. The van der Waals surface area contributed by atoms with E-state index in [4.69, 9.17) is 0 Å². The molecule has 0 N–H and O–H groups in total. The van der Waals surface area contributed by atoms with E-state index in [0.29, 0.717) is 0 Å². The fraction of sp³-hybridized carbons (Fsp3) is 0.375. The Labute approximate surface area is 144 Å². The van der Waals surface area contributed by atoms with Crippen LogP contribution in [0.25, 0.3) is 5.65 Å². The molecule has 4 heterocycles. The second-order valence-electron chi connectivity index (χ2n) is 5.64. The van der Waals surface area contributed by atoms with E-state index in [0.717, 1.165) is 55.2 Å². The third-order valence-electron chi connectivity index (χ3n) is 4.13. The Hall–Kier alpha value is -2.19. The number of hydrogen-bond donors (Lipinski definition) is 0. The molecule has 0 aromatic carbocycles. The molecule has 124 valence electrons. The number of hydrogen-bond acceptors (Lipinski definition) is 7. The van der Waals surface area contributed by atoms with Crippen LogP contribution in [0.1, 0.15) is 0 Å². The normalized spacial score (nSPS) is 15.9. The van der Waals surface area contributed by atoms with Crippen LogP contribution >= 0.6 is 11.8 Å². The first kappa shape index (κ1) is 15.3. The maximum Gasteiger partial charge on any atom is 0.225 e. The van der Waals surface area contributed by atoms with Gasteiger partial charge in [-0.3, -0.25) is 9.30 Å². The minimum Gasteiger partial charge on any atom is -0.338 e. The van der Waals surface area contributed by atoms with Gasteiger partial charge in [0.25, 0.3) is 0 Å². The van der Waals surface area contributed by atoms with Crippen molar-refractivity contribution >= 4 is 23.4 Å². The van der Waals surface area contributed by atoms with Crippen molar-refractivity contribution in [3.05, 3.63) is 42.9 Å². The van der Waals surface area contributed by atoms with Gasteiger partial charge in [0.2, 0.25) is 5.95 Å². The van der Waals surface area contributed by atoms with Gasteiger partial charge in [-0.25, -0.2) is 9.97 Å².